The second-order valence-electron chi connectivity index (χ2n) is 6.24. The van der Waals surface area contributed by atoms with Gasteiger partial charge >= 0.3 is 0 Å². The van der Waals surface area contributed by atoms with Crippen LogP contribution in [0.5, 0.6) is 0 Å². The molecule has 1 aromatic carbocycles. The van der Waals surface area contributed by atoms with Crippen LogP contribution in [0, 0.1) is 5.41 Å². The lowest BCUT2D eigenvalue weighted by Gasteiger charge is -2.32. The predicted molar refractivity (Wildman–Crippen MR) is 81.2 cm³/mol. The van der Waals surface area contributed by atoms with E-state index < -0.39 is 6.04 Å². The summed E-state index contributed by atoms with van der Waals surface area (Å²) in [6.45, 7) is 6.17. The Morgan fingerprint density at radius 1 is 1.30 bits per heavy atom. The van der Waals surface area contributed by atoms with Crippen LogP contribution >= 0.6 is 0 Å². The first kappa shape index (κ1) is 16.7. The van der Waals surface area contributed by atoms with Crippen LogP contribution in [0.15, 0.2) is 30.3 Å². The molecule has 1 amide bonds. The second-order valence-corrected chi connectivity index (χ2v) is 6.24. The molecule has 1 unspecified atom stereocenters. The van der Waals surface area contributed by atoms with Gasteiger partial charge in [0, 0.05) is 12.6 Å². The third kappa shape index (κ3) is 5.31. The van der Waals surface area contributed by atoms with Crippen molar-refractivity contribution < 1.29 is 9.90 Å². The molecule has 0 fully saturated rings. The minimum atomic E-state index is -0.569. The van der Waals surface area contributed by atoms with Gasteiger partial charge in [-0.05, 0) is 23.8 Å². The smallest absolute Gasteiger partial charge is 0.237 e. The van der Waals surface area contributed by atoms with Gasteiger partial charge in [-0.25, -0.2) is 0 Å². The zero-order chi connectivity index (χ0) is 15.2. The fraction of sp³-hybridized carbons (Fsp3) is 0.562. The van der Waals surface area contributed by atoms with Crippen molar-refractivity contribution in [2.45, 2.75) is 45.7 Å². The molecule has 0 radical (unpaired) electrons. The van der Waals surface area contributed by atoms with E-state index in [9.17, 15) is 4.79 Å². The normalized spacial score (nSPS) is 14.7. The number of rotatable bonds is 6. The van der Waals surface area contributed by atoms with Crippen molar-refractivity contribution in [3.63, 3.8) is 0 Å². The van der Waals surface area contributed by atoms with Crippen LogP contribution in [0.25, 0.3) is 0 Å². The highest BCUT2D eigenvalue weighted by Gasteiger charge is 2.27. The highest BCUT2D eigenvalue weighted by atomic mass is 16.3. The van der Waals surface area contributed by atoms with Crippen molar-refractivity contribution in [1.82, 2.24) is 5.32 Å². The van der Waals surface area contributed by atoms with Crippen LogP contribution in [0.1, 0.15) is 32.8 Å². The molecule has 1 aromatic rings. The summed E-state index contributed by atoms with van der Waals surface area (Å²) in [7, 11) is 0. The number of nitrogens with two attached hydrogens (primary N) is 1. The molecule has 0 aliphatic carbocycles. The molecule has 4 N–H and O–H groups in total. The Hall–Kier alpha value is -1.39. The fourth-order valence-electron chi connectivity index (χ4n) is 2.09. The molecule has 1 rings (SSSR count). The van der Waals surface area contributed by atoms with Crippen LogP contribution in [0.4, 0.5) is 0 Å². The molecule has 0 spiro atoms. The summed E-state index contributed by atoms with van der Waals surface area (Å²) in [5, 5.41) is 12.1. The van der Waals surface area contributed by atoms with E-state index >= 15 is 0 Å². The maximum absolute atomic E-state index is 12.2. The Morgan fingerprint density at radius 2 is 1.90 bits per heavy atom. The lowest BCUT2D eigenvalue weighted by Crippen LogP contribution is -2.51. The lowest BCUT2D eigenvalue weighted by molar-refractivity contribution is -0.124. The van der Waals surface area contributed by atoms with Gasteiger partial charge < -0.3 is 16.2 Å². The molecule has 2 atom stereocenters. The van der Waals surface area contributed by atoms with Crippen molar-refractivity contribution in [3.8, 4) is 0 Å². The van der Waals surface area contributed by atoms with Gasteiger partial charge in [0.15, 0.2) is 0 Å². The Morgan fingerprint density at radius 3 is 2.40 bits per heavy atom. The highest BCUT2D eigenvalue weighted by Crippen LogP contribution is 2.21. The largest absolute Gasteiger partial charge is 0.396 e. The van der Waals surface area contributed by atoms with Crippen LogP contribution in [-0.4, -0.2) is 29.7 Å². The van der Waals surface area contributed by atoms with Crippen molar-refractivity contribution in [3.05, 3.63) is 35.9 Å². The van der Waals surface area contributed by atoms with E-state index in [1.807, 2.05) is 51.1 Å². The summed E-state index contributed by atoms with van der Waals surface area (Å²) in [5.41, 5.74) is 6.90. The Bertz CT molecular complexity index is 412. The molecular weight excluding hydrogens is 252 g/mol. The van der Waals surface area contributed by atoms with Gasteiger partial charge in [0.1, 0.15) is 0 Å². The van der Waals surface area contributed by atoms with Crippen molar-refractivity contribution >= 4 is 5.91 Å². The Balaban J connectivity index is 2.60. The topological polar surface area (TPSA) is 75.3 Å². The van der Waals surface area contributed by atoms with Gasteiger partial charge in [0.25, 0.3) is 0 Å². The number of hydrogen-bond acceptors (Lipinski definition) is 3. The van der Waals surface area contributed by atoms with Crippen LogP contribution in [0.2, 0.25) is 0 Å². The number of carbonyl (C=O) groups is 1. The first-order valence-electron chi connectivity index (χ1n) is 7.05. The summed E-state index contributed by atoms with van der Waals surface area (Å²) in [4.78, 5) is 12.2. The lowest BCUT2D eigenvalue weighted by atomic mass is 9.84. The Labute approximate surface area is 121 Å². The van der Waals surface area contributed by atoms with Gasteiger partial charge in [0.05, 0.1) is 6.04 Å². The van der Waals surface area contributed by atoms with E-state index in [1.54, 1.807) is 0 Å². The number of aliphatic hydroxyl groups excluding tert-OH is 1. The zero-order valence-corrected chi connectivity index (χ0v) is 12.6. The third-order valence-electron chi connectivity index (χ3n) is 3.41. The molecule has 0 aliphatic heterocycles. The number of carbonyl (C=O) groups excluding carboxylic acids is 1. The second kappa shape index (κ2) is 7.41. The van der Waals surface area contributed by atoms with E-state index in [-0.39, 0.29) is 24.0 Å². The van der Waals surface area contributed by atoms with E-state index in [1.165, 1.54) is 0 Å². The highest BCUT2D eigenvalue weighted by molar-refractivity contribution is 5.82. The van der Waals surface area contributed by atoms with Crippen LogP contribution < -0.4 is 11.1 Å². The average Bonchev–Trinajstić information content (AvgIpc) is 2.38. The average molecular weight is 278 g/mol. The summed E-state index contributed by atoms with van der Waals surface area (Å²) in [5.74, 6) is -0.165. The predicted octanol–water partition coefficient (Wildman–Crippen LogP) is 1.47. The van der Waals surface area contributed by atoms with E-state index in [2.05, 4.69) is 5.32 Å². The Kier molecular flexibility index (Phi) is 6.17. The third-order valence-corrected chi connectivity index (χ3v) is 3.41. The SMILES string of the molecule is CC(C)(C)C(CCO)NC(=O)[C@@H](N)Cc1ccccc1. The number of amides is 1. The molecule has 4 nitrogen and oxygen atoms in total. The van der Waals surface area contributed by atoms with Crippen molar-refractivity contribution in [2.75, 3.05) is 6.61 Å². The first-order chi connectivity index (χ1) is 9.34. The van der Waals surface area contributed by atoms with E-state index in [0.29, 0.717) is 12.8 Å². The van der Waals surface area contributed by atoms with Gasteiger partial charge in [0.2, 0.25) is 5.91 Å². The first-order valence-corrected chi connectivity index (χ1v) is 7.05. The van der Waals surface area contributed by atoms with Crippen molar-refractivity contribution in [2.24, 2.45) is 11.1 Å². The quantitative estimate of drug-likeness (QED) is 0.737. The molecule has 0 aliphatic rings. The molecule has 20 heavy (non-hydrogen) atoms. The van der Waals surface area contributed by atoms with Gasteiger partial charge in [-0.2, -0.15) is 0 Å². The van der Waals surface area contributed by atoms with Gasteiger partial charge in [-0.15, -0.1) is 0 Å². The summed E-state index contributed by atoms with van der Waals surface area (Å²) in [6.07, 6.45) is 1.05. The van der Waals surface area contributed by atoms with Gasteiger partial charge in [-0.3, -0.25) is 4.79 Å². The maximum Gasteiger partial charge on any atom is 0.237 e. The molecule has 4 heteroatoms. The molecule has 0 saturated heterocycles. The summed E-state index contributed by atoms with van der Waals surface area (Å²) < 4.78 is 0. The number of hydrogen-bond donors (Lipinski definition) is 3. The molecule has 112 valence electrons. The number of benzene rings is 1. The molecule has 0 heterocycles. The minimum absolute atomic E-state index is 0.0517. The number of aliphatic hydroxyl groups is 1. The summed E-state index contributed by atoms with van der Waals surface area (Å²) in [6, 6.07) is 9.08. The van der Waals surface area contributed by atoms with E-state index in [4.69, 9.17) is 10.8 Å². The van der Waals surface area contributed by atoms with Gasteiger partial charge in [-0.1, -0.05) is 51.1 Å². The van der Waals surface area contributed by atoms with Crippen LogP contribution in [0.3, 0.4) is 0 Å². The molecule has 0 bridgehead atoms. The molecule has 0 aromatic heterocycles. The minimum Gasteiger partial charge on any atom is -0.396 e. The maximum atomic E-state index is 12.2. The molecule has 0 saturated carbocycles. The molecular formula is C16H26N2O2. The van der Waals surface area contributed by atoms with Crippen LogP contribution in [-0.2, 0) is 11.2 Å². The standard InChI is InChI=1S/C16H26N2O2/c1-16(2,3)14(9-10-19)18-15(20)13(17)11-12-7-5-4-6-8-12/h4-8,13-14,19H,9-11,17H2,1-3H3,(H,18,20)/t13-,14?/m0/s1. The van der Waals surface area contributed by atoms with Crippen molar-refractivity contribution in [1.29, 1.82) is 0 Å². The zero-order valence-electron chi connectivity index (χ0n) is 12.6. The fourth-order valence-corrected chi connectivity index (χ4v) is 2.09. The monoisotopic (exact) mass is 278 g/mol. The van der Waals surface area contributed by atoms with E-state index in [0.717, 1.165) is 5.56 Å². The summed E-state index contributed by atoms with van der Waals surface area (Å²) >= 11 is 0. The number of nitrogens with one attached hydrogen (secondary N) is 1.